The maximum absolute atomic E-state index is 13.7. The lowest BCUT2D eigenvalue weighted by atomic mass is 9.78. The van der Waals surface area contributed by atoms with E-state index >= 15 is 0 Å². The van der Waals surface area contributed by atoms with E-state index in [1.807, 2.05) is 6.20 Å². The molecule has 3 aliphatic heterocycles. The predicted octanol–water partition coefficient (Wildman–Crippen LogP) is 3.28. The molecule has 4 heterocycles. The molecule has 4 aliphatic rings. The van der Waals surface area contributed by atoms with Gasteiger partial charge in [0.05, 0.1) is 11.5 Å². The van der Waals surface area contributed by atoms with Crippen LogP contribution in [0.15, 0.2) is 12.3 Å². The molecule has 5 heteroatoms. The van der Waals surface area contributed by atoms with E-state index in [1.54, 1.807) is 0 Å². The third-order valence-electron chi connectivity index (χ3n) is 7.58. The van der Waals surface area contributed by atoms with Gasteiger partial charge in [0, 0.05) is 51.2 Å². The zero-order chi connectivity index (χ0) is 19.1. The van der Waals surface area contributed by atoms with Crippen LogP contribution in [0.1, 0.15) is 55.3 Å². The van der Waals surface area contributed by atoms with Gasteiger partial charge in [-0.05, 0) is 68.4 Å². The molecular formula is C23H32N2O3. The second kappa shape index (κ2) is 7.42. The van der Waals surface area contributed by atoms with Crippen molar-refractivity contribution >= 4 is 5.91 Å². The number of carbonyl (C=O) groups is 1. The second-order valence-electron chi connectivity index (χ2n) is 9.46. The number of hydrogen-bond donors (Lipinski definition) is 0. The fourth-order valence-corrected chi connectivity index (χ4v) is 6.13. The summed E-state index contributed by atoms with van der Waals surface area (Å²) in [4.78, 5) is 20.4. The Morgan fingerprint density at radius 1 is 1.29 bits per heavy atom. The lowest BCUT2D eigenvalue weighted by Gasteiger charge is -2.36. The number of aryl methyl sites for hydroxylation is 1. The number of pyridine rings is 1. The number of amides is 1. The molecule has 0 bridgehead atoms. The molecule has 5 nitrogen and oxygen atoms in total. The molecule has 3 atom stereocenters. The minimum absolute atomic E-state index is 0.127. The Labute approximate surface area is 167 Å². The molecule has 0 unspecified atom stereocenters. The molecule has 1 saturated carbocycles. The van der Waals surface area contributed by atoms with Crippen molar-refractivity contribution < 1.29 is 14.3 Å². The number of rotatable bonds is 3. The molecule has 2 saturated heterocycles. The van der Waals surface area contributed by atoms with Crippen LogP contribution in [0.4, 0.5) is 0 Å². The fourth-order valence-electron chi connectivity index (χ4n) is 6.13. The summed E-state index contributed by atoms with van der Waals surface area (Å²) in [5.74, 6) is 1.73. The van der Waals surface area contributed by atoms with Crippen molar-refractivity contribution in [2.24, 2.45) is 17.3 Å². The van der Waals surface area contributed by atoms with Crippen molar-refractivity contribution in [1.29, 1.82) is 0 Å². The molecule has 3 fully saturated rings. The lowest BCUT2D eigenvalue weighted by molar-refractivity contribution is -0.145. The van der Waals surface area contributed by atoms with E-state index in [2.05, 4.69) is 22.9 Å². The van der Waals surface area contributed by atoms with Crippen LogP contribution in [-0.2, 0) is 27.2 Å². The normalized spacial score (nSPS) is 33.0. The summed E-state index contributed by atoms with van der Waals surface area (Å²) in [5.41, 5.74) is 3.29. The maximum Gasteiger partial charge on any atom is 0.231 e. The summed E-state index contributed by atoms with van der Waals surface area (Å²) >= 11 is 0. The molecule has 1 aromatic heterocycles. The number of hydrogen-bond acceptors (Lipinski definition) is 4. The number of carbonyl (C=O) groups excluding carboxylic acids is 1. The van der Waals surface area contributed by atoms with Crippen molar-refractivity contribution in [3.8, 4) is 0 Å². The highest BCUT2D eigenvalue weighted by Gasteiger charge is 2.57. The Hall–Kier alpha value is -1.46. The van der Waals surface area contributed by atoms with Crippen LogP contribution in [0, 0.1) is 24.2 Å². The summed E-state index contributed by atoms with van der Waals surface area (Å²) < 4.78 is 11.6. The van der Waals surface area contributed by atoms with Gasteiger partial charge in [0.15, 0.2) is 0 Å². The van der Waals surface area contributed by atoms with Crippen LogP contribution in [0.5, 0.6) is 0 Å². The van der Waals surface area contributed by atoms with Crippen molar-refractivity contribution in [2.75, 3.05) is 26.4 Å². The van der Waals surface area contributed by atoms with Gasteiger partial charge in [0.2, 0.25) is 5.91 Å². The summed E-state index contributed by atoms with van der Waals surface area (Å²) in [6.07, 6.45) is 9.51. The van der Waals surface area contributed by atoms with E-state index in [9.17, 15) is 4.79 Å². The van der Waals surface area contributed by atoms with E-state index < -0.39 is 0 Å². The van der Waals surface area contributed by atoms with Crippen LogP contribution in [0.25, 0.3) is 0 Å². The van der Waals surface area contributed by atoms with Crippen molar-refractivity contribution in [3.05, 3.63) is 29.1 Å². The number of ether oxygens (including phenoxy) is 2. The molecular weight excluding hydrogens is 352 g/mol. The van der Waals surface area contributed by atoms with Crippen molar-refractivity contribution in [3.63, 3.8) is 0 Å². The average Bonchev–Trinajstić information content (AvgIpc) is 3.25. The van der Waals surface area contributed by atoms with Gasteiger partial charge < -0.3 is 14.4 Å². The number of nitrogens with zero attached hydrogens (tertiary/aromatic N) is 2. The Kier molecular flexibility index (Phi) is 4.92. The van der Waals surface area contributed by atoms with E-state index in [1.165, 1.54) is 30.4 Å². The summed E-state index contributed by atoms with van der Waals surface area (Å²) in [6, 6.07) is 2.20. The van der Waals surface area contributed by atoms with Crippen LogP contribution in [-0.4, -0.2) is 48.3 Å². The predicted molar refractivity (Wildman–Crippen MR) is 106 cm³/mol. The van der Waals surface area contributed by atoms with Gasteiger partial charge in [0.25, 0.3) is 0 Å². The van der Waals surface area contributed by atoms with Gasteiger partial charge >= 0.3 is 0 Å². The summed E-state index contributed by atoms with van der Waals surface area (Å²) in [7, 11) is 0. The minimum atomic E-state index is -0.273. The Morgan fingerprint density at radius 3 is 3.00 bits per heavy atom. The first-order chi connectivity index (χ1) is 13.6. The minimum Gasteiger partial charge on any atom is -0.381 e. The van der Waals surface area contributed by atoms with Crippen molar-refractivity contribution in [2.45, 2.75) is 64.5 Å². The van der Waals surface area contributed by atoms with Crippen LogP contribution in [0.3, 0.4) is 0 Å². The fraction of sp³-hybridized carbons (Fsp3) is 0.739. The zero-order valence-corrected chi connectivity index (χ0v) is 17.0. The second-order valence-corrected chi connectivity index (χ2v) is 9.46. The largest absolute Gasteiger partial charge is 0.381 e. The standard InChI is InChI=1S/C23H32N2O3/c1-16-10-19-15-25(6-2-20(19)24-14-16)22(26)23-5-9-28-21(23)12-18(13-23)11-17-3-7-27-8-4-17/h10,14,17-18,21H,2-9,11-13,15H2,1H3/t18-,21-,23-/m1/s1. The highest BCUT2D eigenvalue weighted by Crippen LogP contribution is 2.53. The average molecular weight is 385 g/mol. The van der Waals surface area contributed by atoms with E-state index in [-0.39, 0.29) is 11.5 Å². The molecule has 5 rings (SSSR count). The Bertz CT molecular complexity index is 745. The van der Waals surface area contributed by atoms with Gasteiger partial charge in [-0.15, -0.1) is 0 Å². The first-order valence-corrected chi connectivity index (χ1v) is 11.1. The van der Waals surface area contributed by atoms with Gasteiger partial charge in [-0.1, -0.05) is 6.07 Å². The molecule has 0 radical (unpaired) electrons. The molecule has 0 aromatic carbocycles. The summed E-state index contributed by atoms with van der Waals surface area (Å²) in [6.45, 7) is 6.13. The van der Waals surface area contributed by atoms with Crippen LogP contribution in [0.2, 0.25) is 0 Å². The topological polar surface area (TPSA) is 51.7 Å². The molecule has 0 spiro atoms. The number of fused-ring (bicyclic) bond motifs is 2. The highest BCUT2D eigenvalue weighted by atomic mass is 16.5. The quantitative estimate of drug-likeness (QED) is 0.803. The van der Waals surface area contributed by atoms with Crippen molar-refractivity contribution in [1.82, 2.24) is 9.88 Å². The highest BCUT2D eigenvalue weighted by molar-refractivity contribution is 5.84. The smallest absolute Gasteiger partial charge is 0.231 e. The number of aromatic nitrogens is 1. The maximum atomic E-state index is 13.7. The lowest BCUT2D eigenvalue weighted by Crippen LogP contribution is -2.48. The van der Waals surface area contributed by atoms with Gasteiger partial charge in [-0.25, -0.2) is 0 Å². The molecule has 0 N–H and O–H groups in total. The van der Waals surface area contributed by atoms with E-state index in [0.29, 0.717) is 18.4 Å². The molecule has 152 valence electrons. The molecule has 1 aliphatic carbocycles. The SMILES string of the molecule is Cc1cnc2c(c1)CN(C(=O)[C@@]13CCO[C@@H]1C[C@@H](CC1CCOCC1)C3)CC2. The first-order valence-electron chi connectivity index (χ1n) is 11.1. The Morgan fingerprint density at radius 2 is 2.14 bits per heavy atom. The van der Waals surface area contributed by atoms with E-state index in [4.69, 9.17) is 9.47 Å². The van der Waals surface area contributed by atoms with Crippen LogP contribution >= 0.6 is 0 Å². The first kappa shape index (κ1) is 18.6. The molecule has 1 aromatic rings. The Balaban J connectivity index is 1.30. The molecule has 1 amide bonds. The third-order valence-corrected chi connectivity index (χ3v) is 7.58. The van der Waals surface area contributed by atoms with Gasteiger partial charge in [0.1, 0.15) is 0 Å². The van der Waals surface area contributed by atoms with Gasteiger partial charge in [-0.2, -0.15) is 0 Å². The summed E-state index contributed by atoms with van der Waals surface area (Å²) in [5, 5.41) is 0. The van der Waals surface area contributed by atoms with Crippen LogP contribution < -0.4 is 0 Å². The monoisotopic (exact) mass is 384 g/mol. The third kappa shape index (κ3) is 3.26. The van der Waals surface area contributed by atoms with Gasteiger partial charge in [-0.3, -0.25) is 9.78 Å². The van der Waals surface area contributed by atoms with E-state index in [0.717, 1.165) is 63.7 Å². The zero-order valence-electron chi connectivity index (χ0n) is 17.0. The molecule has 28 heavy (non-hydrogen) atoms.